The highest BCUT2D eigenvalue weighted by molar-refractivity contribution is 7.17. The van der Waals surface area contributed by atoms with E-state index in [1.54, 1.807) is 7.11 Å². The minimum absolute atomic E-state index is 0.151. The third-order valence-electron chi connectivity index (χ3n) is 4.24. The van der Waals surface area contributed by atoms with E-state index in [9.17, 15) is 9.59 Å². The quantitative estimate of drug-likeness (QED) is 0.875. The normalized spacial score (nSPS) is 12.8. The molecular formula is C18H20N2O3S. The largest absolute Gasteiger partial charge is 0.496 e. The van der Waals surface area contributed by atoms with Gasteiger partial charge >= 0.3 is 0 Å². The summed E-state index contributed by atoms with van der Waals surface area (Å²) in [5.41, 5.74) is 8.90. The number of carbonyl (C=O) groups is 2. The van der Waals surface area contributed by atoms with Crippen molar-refractivity contribution >= 4 is 28.2 Å². The molecule has 1 aliphatic rings. The van der Waals surface area contributed by atoms with Crippen molar-refractivity contribution in [3.05, 3.63) is 45.3 Å². The summed E-state index contributed by atoms with van der Waals surface area (Å²) in [5.74, 6) is 0.178. The maximum atomic E-state index is 12.4. The zero-order chi connectivity index (χ0) is 17.3. The van der Waals surface area contributed by atoms with Gasteiger partial charge in [-0.05, 0) is 48.9 Å². The van der Waals surface area contributed by atoms with Gasteiger partial charge in [0.2, 0.25) is 5.91 Å². The topological polar surface area (TPSA) is 81.4 Å². The number of thiophene rings is 1. The van der Waals surface area contributed by atoms with Crippen LogP contribution < -0.4 is 15.8 Å². The second kappa shape index (κ2) is 6.65. The van der Waals surface area contributed by atoms with Gasteiger partial charge in [-0.15, -0.1) is 11.3 Å². The van der Waals surface area contributed by atoms with E-state index < -0.39 is 5.91 Å². The number of carbonyl (C=O) groups excluding carboxylic acids is 2. The van der Waals surface area contributed by atoms with Gasteiger partial charge in [0.15, 0.2) is 0 Å². The molecule has 0 atom stereocenters. The molecule has 1 aliphatic carbocycles. The van der Waals surface area contributed by atoms with Crippen molar-refractivity contribution in [2.24, 2.45) is 5.73 Å². The standard InChI is InChI=1S/C18H20N2O3S/c1-10-8-11(6-7-13(10)23-2)9-15(21)20-18-16(17(19)22)12-4-3-5-14(12)24-18/h6-8H,3-5,9H2,1-2H3,(H2,19,22)(H,20,21). The number of fused-ring (bicyclic) bond motifs is 1. The number of rotatable bonds is 5. The summed E-state index contributed by atoms with van der Waals surface area (Å²) in [5, 5.41) is 3.45. The molecule has 5 nitrogen and oxygen atoms in total. The van der Waals surface area contributed by atoms with Crippen LogP contribution in [0.1, 0.15) is 38.3 Å². The second-order valence-corrected chi connectivity index (χ2v) is 7.06. The summed E-state index contributed by atoms with van der Waals surface area (Å²) in [4.78, 5) is 25.3. The Morgan fingerprint density at radius 2 is 2.12 bits per heavy atom. The smallest absolute Gasteiger partial charge is 0.251 e. The van der Waals surface area contributed by atoms with Crippen molar-refractivity contribution < 1.29 is 14.3 Å². The van der Waals surface area contributed by atoms with Gasteiger partial charge in [0.25, 0.3) is 5.91 Å². The molecule has 1 heterocycles. The van der Waals surface area contributed by atoms with Crippen LogP contribution in [0, 0.1) is 6.92 Å². The summed E-state index contributed by atoms with van der Waals surface area (Å²) < 4.78 is 5.23. The first kappa shape index (κ1) is 16.5. The number of hydrogen-bond acceptors (Lipinski definition) is 4. The fraction of sp³-hybridized carbons (Fsp3) is 0.333. The molecule has 0 bridgehead atoms. The van der Waals surface area contributed by atoms with Crippen molar-refractivity contribution in [3.8, 4) is 5.75 Å². The zero-order valence-electron chi connectivity index (χ0n) is 13.8. The van der Waals surface area contributed by atoms with Crippen molar-refractivity contribution in [2.45, 2.75) is 32.6 Å². The van der Waals surface area contributed by atoms with E-state index in [0.717, 1.165) is 41.7 Å². The molecule has 1 aromatic carbocycles. The molecule has 1 aromatic heterocycles. The molecule has 3 rings (SSSR count). The Kier molecular flexibility index (Phi) is 4.57. The van der Waals surface area contributed by atoms with E-state index in [2.05, 4.69) is 5.32 Å². The lowest BCUT2D eigenvalue weighted by Gasteiger charge is -2.08. The lowest BCUT2D eigenvalue weighted by molar-refractivity contribution is -0.115. The van der Waals surface area contributed by atoms with E-state index in [1.165, 1.54) is 16.2 Å². The molecule has 0 fully saturated rings. The van der Waals surface area contributed by atoms with E-state index in [0.29, 0.717) is 10.6 Å². The third kappa shape index (κ3) is 3.14. The molecule has 126 valence electrons. The second-order valence-electron chi connectivity index (χ2n) is 5.95. The Bertz CT molecular complexity index is 811. The number of ether oxygens (including phenoxy) is 1. The minimum atomic E-state index is -0.468. The van der Waals surface area contributed by atoms with Gasteiger partial charge in [-0.3, -0.25) is 9.59 Å². The van der Waals surface area contributed by atoms with Gasteiger partial charge in [0.05, 0.1) is 19.1 Å². The maximum Gasteiger partial charge on any atom is 0.251 e. The average molecular weight is 344 g/mol. The Morgan fingerprint density at radius 1 is 1.33 bits per heavy atom. The molecule has 0 aliphatic heterocycles. The van der Waals surface area contributed by atoms with Crippen LogP contribution in [0.3, 0.4) is 0 Å². The van der Waals surface area contributed by atoms with Crippen LogP contribution in [0.2, 0.25) is 0 Å². The Morgan fingerprint density at radius 3 is 2.79 bits per heavy atom. The number of aryl methyl sites for hydroxylation is 2. The number of nitrogens with one attached hydrogen (secondary N) is 1. The molecule has 24 heavy (non-hydrogen) atoms. The van der Waals surface area contributed by atoms with Gasteiger partial charge in [0.1, 0.15) is 10.8 Å². The van der Waals surface area contributed by atoms with Crippen LogP contribution in [-0.2, 0) is 24.1 Å². The summed E-state index contributed by atoms with van der Waals surface area (Å²) in [6.07, 6.45) is 3.10. The lowest BCUT2D eigenvalue weighted by Crippen LogP contribution is -2.19. The van der Waals surface area contributed by atoms with Crippen molar-refractivity contribution in [1.29, 1.82) is 0 Å². The summed E-state index contributed by atoms with van der Waals surface area (Å²) >= 11 is 1.47. The SMILES string of the molecule is COc1ccc(CC(=O)Nc2sc3c(c2C(N)=O)CCC3)cc1C. The number of nitrogens with two attached hydrogens (primary N) is 1. The molecule has 2 amide bonds. The monoisotopic (exact) mass is 344 g/mol. The summed E-state index contributed by atoms with van der Waals surface area (Å²) in [6, 6.07) is 5.66. The Hall–Kier alpha value is -2.34. The number of benzene rings is 1. The summed E-state index contributed by atoms with van der Waals surface area (Å²) in [7, 11) is 1.62. The van der Waals surface area contributed by atoms with E-state index in [-0.39, 0.29) is 12.3 Å². The van der Waals surface area contributed by atoms with Crippen LogP contribution in [0.25, 0.3) is 0 Å². The van der Waals surface area contributed by atoms with Gasteiger partial charge in [-0.25, -0.2) is 0 Å². The molecule has 0 saturated carbocycles. The highest BCUT2D eigenvalue weighted by Crippen LogP contribution is 2.38. The van der Waals surface area contributed by atoms with Crippen LogP contribution in [0.4, 0.5) is 5.00 Å². The van der Waals surface area contributed by atoms with E-state index >= 15 is 0 Å². The maximum absolute atomic E-state index is 12.4. The Balaban J connectivity index is 1.76. The fourth-order valence-electron chi connectivity index (χ4n) is 3.16. The molecule has 0 unspecified atom stereocenters. The highest BCUT2D eigenvalue weighted by Gasteiger charge is 2.26. The zero-order valence-corrected chi connectivity index (χ0v) is 14.6. The predicted octanol–water partition coefficient (Wildman–Crippen LogP) is 2.83. The number of hydrogen-bond donors (Lipinski definition) is 2. The lowest BCUT2D eigenvalue weighted by atomic mass is 10.1. The molecule has 6 heteroatoms. The minimum Gasteiger partial charge on any atom is -0.496 e. The average Bonchev–Trinajstić information content (AvgIpc) is 3.07. The molecule has 3 N–H and O–H groups in total. The number of methoxy groups -OCH3 is 1. The number of primary amides is 1. The van der Waals surface area contributed by atoms with Crippen LogP contribution in [0.15, 0.2) is 18.2 Å². The van der Waals surface area contributed by atoms with Crippen LogP contribution in [-0.4, -0.2) is 18.9 Å². The molecule has 0 saturated heterocycles. The molecular weight excluding hydrogens is 324 g/mol. The first-order valence-electron chi connectivity index (χ1n) is 7.87. The van der Waals surface area contributed by atoms with Gasteiger partial charge in [0, 0.05) is 4.88 Å². The molecule has 0 spiro atoms. The van der Waals surface area contributed by atoms with Crippen molar-refractivity contribution in [2.75, 3.05) is 12.4 Å². The first-order chi connectivity index (χ1) is 11.5. The number of anilines is 1. The molecule has 0 radical (unpaired) electrons. The summed E-state index contributed by atoms with van der Waals surface area (Å²) in [6.45, 7) is 1.94. The van der Waals surface area contributed by atoms with Gasteiger partial charge in [-0.1, -0.05) is 12.1 Å². The predicted molar refractivity (Wildman–Crippen MR) is 94.9 cm³/mol. The number of amides is 2. The van der Waals surface area contributed by atoms with Crippen LogP contribution >= 0.6 is 11.3 Å². The Labute approximate surface area is 144 Å². The van der Waals surface area contributed by atoms with E-state index in [1.807, 2.05) is 25.1 Å². The fourth-order valence-corrected chi connectivity index (χ4v) is 4.47. The van der Waals surface area contributed by atoms with E-state index in [4.69, 9.17) is 10.5 Å². The van der Waals surface area contributed by atoms with Crippen LogP contribution in [0.5, 0.6) is 5.75 Å². The third-order valence-corrected chi connectivity index (χ3v) is 5.45. The van der Waals surface area contributed by atoms with Crippen molar-refractivity contribution in [1.82, 2.24) is 0 Å². The highest BCUT2D eigenvalue weighted by atomic mass is 32.1. The van der Waals surface area contributed by atoms with Gasteiger partial charge < -0.3 is 15.8 Å². The van der Waals surface area contributed by atoms with Crippen molar-refractivity contribution in [3.63, 3.8) is 0 Å². The first-order valence-corrected chi connectivity index (χ1v) is 8.69. The van der Waals surface area contributed by atoms with Gasteiger partial charge in [-0.2, -0.15) is 0 Å². The molecule has 2 aromatic rings.